The van der Waals surface area contributed by atoms with Crippen molar-refractivity contribution in [3.63, 3.8) is 0 Å². The Balaban J connectivity index is 2.32. The quantitative estimate of drug-likeness (QED) is 0.668. The Labute approximate surface area is 105 Å². The molecule has 5 heteroatoms. The lowest BCUT2D eigenvalue weighted by Crippen LogP contribution is -1.97. The van der Waals surface area contributed by atoms with E-state index in [4.69, 9.17) is 12.2 Å². The molecule has 2 rings (SSSR count). The number of rotatable bonds is 3. The van der Waals surface area contributed by atoms with Gasteiger partial charge in [-0.2, -0.15) is 14.9 Å². The van der Waals surface area contributed by atoms with Crippen LogP contribution in [0.15, 0.2) is 29.4 Å². The first-order chi connectivity index (χ1) is 8.20. The van der Waals surface area contributed by atoms with Crippen molar-refractivity contribution in [2.45, 2.75) is 20.3 Å². The molecule has 88 valence electrons. The summed E-state index contributed by atoms with van der Waals surface area (Å²) < 4.78 is 2.17. The van der Waals surface area contributed by atoms with E-state index >= 15 is 0 Å². The summed E-state index contributed by atoms with van der Waals surface area (Å²) in [6.07, 6.45) is 2.58. The maximum atomic E-state index is 5.11. The highest BCUT2D eigenvalue weighted by Gasteiger charge is 2.00. The fraction of sp³-hybridized carbons (Fsp3) is 0.250. The molecule has 0 aliphatic heterocycles. The van der Waals surface area contributed by atoms with Gasteiger partial charge in [-0.3, -0.25) is 5.10 Å². The van der Waals surface area contributed by atoms with Crippen LogP contribution in [0.1, 0.15) is 23.9 Å². The van der Waals surface area contributed by atoms with E-state index in [1.165, 1.54) is 5.56 Å². The Morgan fingerprint density at radius 1 is 1.53 bits per heavy atom. The number of hydrogen-bond donors (Lipinski definition) is 1. The van der Waals surface area contributed by atoms with E-state index < -0.39 is 0 Å². The highest BCUT2D eigenvalue weighted by atomic mass is 32.1. The molecule has 1 heterocycles. The molecular formula is C12H14N4S. The maximum Gasteiger partial charge on any atom is 0.216 e. The zero-order valence-corrected chi connectivity index (χ0v) is 10.7. The average molecular weight is 246 g/mol. The summed E-state index contributed by atoms with van der Waals surface area (Å²) in [5.41, 5.74) is 2.26. The SMILES string of the molecule is CCc1n[nH]c(=S)n1/N=C\c1cccc(C)c1. The van der Waals surface area contributed by atoms with E-state index in [1.54, 1.807) is 10.9 Å². The van der Waals surface area contributed by atoms with Crippen molar-refractivity contribution in [1.29, 1.82) is 0 Å². The summed E-state index contributed by atoms with van der Waals surface area (Å²) in [4.78, 5) is 0. The van der Waals surface area contributed by atoms with E-state index in [1.807, 2.05) is 19.1 Å². The highest BCUT2D eigenvalue weighted by Crippen LogP contribution is 2.03. The monoisotopic (exact) mass is 246 g/mol. The molecule has 0 saturated carbocycles. The van der Waals surface area contributed by atoms with Crippen molar-refractivity contribution in [2.24, 2.45) is 5.10 Å². The molecule has 0 spiro atoms. The molecule has 1 aromatic heterocycles. The van der Waals surface area contributed by atoms with Crippen LogP contribution < -0.4 is 0 Å². The molecule has 2 aromatic rings. The van der Waals surface area contributed by atoms with E-state index in [2.05, 4.69) is 34.4 Å². The van der Waals surface area contributed by atoms with Gasteiger partial charge < -0.3 is 0 Å². The number of aromatic nitrogens is 3. The van der Waals surface area contributed by atoms with Crippen molar-refractivity contribution < 1.29 is 0 Å². The lowest BCUT2D eigenvalue weighted by molar-refractivity contribution is 0.780. The summed E-state index contributed by atoms with van der Waals surface area (Å²) in [5.74, 6) is 0.832. The number of nitrogens with one attached hydrogen (secondary N) is 1. The Kier molecular flexibility index (Phi) is 3.49. The number of hydrogen-bond acceptors (Lipinski definition) is 3. The largest absolute Gasteiger partial charge is 0.250 e. The third-order valence-corrected chi connectivity index (χ3v) is 2.66. The molecule has 1 aromatic carbocycles. The zero-order chi connectivity index (χ0) is 12.3. The highest BCUT2D eigenvalue weighted by molar-refractivity contribution is 7.71. The minimum absolute atomic E-state index is 0.519. The lowest BCUT2D eigenvalue weighted by atomic mass is 10.2. The van der Waals surface area contributed by atoms with E-state index in [-0.39, 0.29) is 0 Å². The van der Waals surface area contributed by atoms with Crippen LogP contribution in [-0.2, 0) is 6.42 Å². The van der Waals surface area contributed by atoms with E-state index in [0.29, 0.717) is 4.77 Å². The molecule has 17 heavy (non-hydrogen) atoms. The second-order valence-corrected chi connectivity index (χ2v) is 4.16. The second-order valence-electron chi connectivity index (χ2n) is 3.77. The van der Waals surface area contributed by atoms with Crippen LogP contribution in [0.5, 0.6) is 0 Å². The third kappa shape index (κ3) is 2.68. The van der Waals surface area contributed by atoms with Crippen LogP contribution in [0, 0.1) is 11.7 Å². The zero-order valence-electron chi connectivity index (χ0n) is 9.84. The summed E-state index contributed by atoms with van der Waals surface area (Å²) in [6, 6.07) is 8.13. The van der Waals surface area contributed by atoms with Crippen molar-refractivity contribution in [2.75, 3.05) is 0 Å². The second kappa shape index (κ2) is 5.05. The predicted molar refractivity (Wildman–Crippen MR) is 71.0 cm³/mol. The lowest BCUT2D eigenvalue weighted by Gasteiger charge is -1.97. The van der Waals surface area contributed by atoms with Gasteiger partial charge in [-0.05, 0) is 24.7 Å². The molecule has 0 amide bonds. The Bertz CT molecular complexity index is 595. The number of benzene rings is 1. The Morgan fingerprint density at radius 2 is 2.35 bits per heavy atom. The molecule has 0 atom stereocenters. The third-order valence-electron chi connectivity index (χ3n) is 2.40. The molecular weight excluding hydrogens is 232 g/mol. The number of aryl methyl sites for hydroxylation is 2. The standard InChI is InChI=1S/C12H14N4S/c1-3-11-14-15-12(17)16(11)13-8-10-6-4-5-9(2)7-10/h4-8H,3H2,1-2H3,(H,15,17)/b13-8-. The maximum absolute atomic E-state index is 5.11. The predicted octanol–water partition coefficient (Wildman–Crippen LogP) is 2.69. The molecule has 0 aliphatic rings. The number of nitrogens with zero attached hydrogens (tertiary/aromatic N) is 3. The molecule has 0 aliphatic carbocycles. The Morgan fingerprint density at radius 3 is 3.06 bits per heavy atom. The minimum atomic E-state index is 0.519. The van der Waals surface area contributed by atoms with Gasteiger partial charge in [0.25, 0.3) is 0 Å². The molecule has 0 fully saturated rings. The van der Waals surface area contributed by atoms with Gasteiger partial charge in [0.2, 0.25) is 4.77 Å². The number of H-pyrrole nitrogens is 1. The first-order valence-corrected chi connectivity index (χ1v) is 5.89. The topological polar surface area (TPSA) is 46.0 Å². The minimum Gasteiger partial charge on any atom is -0.250 e. The van der Waals surface area contributed by atoms with Crippen LogP contribution >= 0.6 is 12.2 Å². The molecule has 0 unspecified atom stereocenters. The number of aromatic amines is 1. The first kappa shape index (κ1) is 11.7. The summed E-state index contributed by atoms with van der Waals surface area (Å²) in [5, 5.41) is 11.2. The molecule has 0 bridgehead atoms. The van der Waals surface area contributed by atoms with Crippen molar-refractivity contribution in [3.05, 3.63) is 46.0 Å². The van der Waals surface area contributed by atoms with Gasteiger partial charge in [0.15, 0.2) is 5.82 Å². The van der Waals surface area contributed by atoms with Gasteiger partial charge >= 0.3 is 0 Å². The smallest absolute Gasteiger partial charge is 0.216 e. The fourth-order valence-corrected chi connectivity index (χ4v) is 1.75. The van der Waals surface area contributed by atoms with Crippen molar-refractivity contribution in [3.8, 4) is 0 Å². The molecule has 4 nitrogen and oxygen atoms in total. The van der Waals surface area contributed by atoms with Crippen LogP contribution in [0.4, 0.5) is 0 Å². The molecule has 0 saturated heterocycles. The van der Waals surface area contributed by atoms with Gasteiger partial charge in [0.05, 0.1) is 6.21 Å². The van der Waals surface area contributed by atoms with Gasteiger partial charge in [-0.15, -0.1) is 0 Å². The normalized spacial score (nSPS) is 11.2. The van der Waals surface area contributed by atoms with Crippen LogP contribution in [0.3, 0.4) is 0 Å². The van der Waals surface area contributed by atoms with Crippen LogP contribution in [0.25, 0.3) is 0 Å². The fourth-order valence-electron chi connectivity index (χ4n) is 1.55. The van der Waals surface area contributed by atoms with Gasteiger partial charge in [-0.25, -0.2) is 0 Å². The summed E-state index contributed by atoms with van der Waals surface area (Å²) >= 11 is 5.11. The van der Waals surface area contributed by atoms with Crippen molar-refractivity contribution >= 4 is 18.4 Å². The molecule has 0 radical (unpaired) electrons. The summed E-state index contributed by atoms with van der Waals surface area (Å²) in [6.45, 7) is 4.07. The van der Waals surface area contributed by atoms with Gasteiger partial charge in [-0.1, -0.05) is 36.8 Å². The average Bonchev–Trinajstić information content (AvgIpc) is 2.67. The van der Waals surface area contributed by atoms with Crippen LogP contribution in [-0.4, -0.2) is 21.1 Å². The van der Waals surface area contributed by atoms with Crippen LogP contribution in [0.2, 0.25) is 0 Å². The van der Waals surface area contributed by atoms with Gasteiger partial charge in [0, 0.05) is 6.42 Å². The Hall–Kier alpha value is -1.75. The van der Waals surface area contributed by atoms with E-state index in [9.17, 15) is 0 Å². The van der Waals surface area contributed by atoms with Gasteiger partial charge in [0.1, 0.15) is 0 Å². The molecule has 1 N–H and O–H groups in total. The van der Waals surface area contributed by atoms with E-state index in [0.717, 1.165) is 17.8 Å². The first-order valence-electron chi connectivity index (χ1n) is 5.48. The van der Waals surface area contributed by atoms with Crippen molar-refractivity contribution in [1.82, 2.24) is 14.9 Å². The summed E-state index contributed by atoms with van der Waals surface area (Å²) in [7, 11) is 0.